The van der Waals surface area contributed by atoms with E-state index in [0.717, 1.165) is 11.1 Å². The molecule has 1 aromatic rings. The van der Waals surface area contributed by atoms with Crippen molar-refractivity contribution in [3.63, 3.8) is 0 Å². The van der Waals surface area contributed by atoms with Crippen LogP contribution < -0.4 is 4.74 Å². The summed E-state index contributed by atoms with van der Waals surface area (Å²) in [6, 6.07) is 3.77. The van der Waals surface area contributed by atoms with E-state index in [1.54, 1.807) is 0 Å². The largest absolute Gasteiger partial charge is 0.504 e. The number of rotatable bonds is 4. The minimum atomic E-state index is 0.135. The van der Waals surface area contributed by atoms with Gasteiger partial charge in [-0.15, -0.1) is 0 Å². The molecular formula is C11H16O3. The van der Waals surface area contributed by atoms with Gasteiger partial charge in [-0.3, -0.25) is 0 Å². The number of hydrogen-bond acceptors (Lipinski definition) is 3. The van der Waals surface area contributed by atoms with E-state index in [9.17, 15) is 5.11 Å². The molecule has 0 spiro atoms. The zero-order chi connectivity index (χ0) is 10.6. The van der Waals surface area contributed by atoms with Gasteiger partial charge in [0.25, 0.3) is 0 Å². The number of ether oxygens (including phenoxy) is 1. The molecule has 3 heteroatoms. The summed E-state index contributed by atoms with van der Waals surface area (Å²) in [5, 5.41) is 18.5. The molecule has 0 amide bonds. The Labute approximate surface area is 84.0 Å². The second-order valence-corrected chi connectivity index (χ2v) is 3.25. The molecule has 0 unspecified atom stereocenters. The normalized spacial score (nSPS) is 10.2. The number of benzene rings is 1. The molecule has 1 aromatic carbocycles. The van der Waals surface area contributed by atoms with E-state index in [4.69, 9.17) is 9.84 Å². The predicted molar refractivity (Wildman–Crippen MR) is 54.8 cm³/mol. The van der Waals surface area contributed by atoms with E-state index in [2.05, 4.69) is 0 Å². The van der Waals surface area contributed by atoms with Gasteiger partial charge in [-0.2, -0.15) is 0 Å². The van der Waals surface area contributed by atoms with Gasteiger partial charge in [-0.05, 0) is 30.9 Å². The molecule has 14 heavy (non-hydrogen) atoms. The van der Waals surface area contributed by atoms with Gasteiger partial charge in [-0.25, -0.2) is 0 Å². The van der Waals surface area contributed by atoms with Crippen LogP contribution in [-0.2, 0) is 6.42 Å². The van der Waals surface area contributed by atoms with Crippen molar-refractivity contribution in [2.75, 3.05) is 13.7 Å². The van der Waals surface area contributed by atoms with Crippen LogP contribution in [0.15, 0.2) is 12.1 Å². The molecular weight excluding hydrogens is 180 g/mol. The molecule has 0 bridgehead atoms. The molecule has 78 valence electrons. The summed E-state index contributed by atoms with van der Waals surface area (Å²) < 4.78 is 5.08. The van der Waals surface area contributed by atoms with Crippen molar-refractivity contribution >= 4 is 0 Å². The number of aromatic hydroxyl groups is 1. The third-order valence-electron chi connectivity index (χ3n) is 2.22. The van der Waals surface area contributed by atoms with Crippen LogP contribution in [0.3, 0.4) is 0 Å². The highest BCUT2D eigenvalue weighted by Gasteiger charge is 2.09. The summed E-state index contributed by atoms with van der Waals surface area (Å²) in [4.78, 5) is 0. The van der Waals surface area contributed by atoms with Crippen molar-refractivity contribution in [2.24, 2.45) is 0 Å². The molecule has 0 aliphatic rings. The molecule has 0 radical (unpaired) electrons. The molecule has 2 N–H and O–H groups in total. The lowest BCUT2D eigenvalue weighted by Gasteiger charge is -2.10. The third kappa shape index (κ3) is 2.17. The van der Waals surface area contributed by atoms with E-state index >= 15 is 0 Å². The molecule has 1 rings (SSSR count). The Kier molecular flexibility index (Phi) is 3.77. The Morgan fingerprint density at radius 3 is 2.64 bits per heavy atom. The van der Waals surface area contributed by atoms with E-state index in [-0.39, 0.29) is 12.4 Å². The lowest BCUT2D eigenvalue weighted by Crippen LogP contribution is -1.94. The van der Waals surface area contributed by atoms with Crippen LogP contribution in [0.25, 0.3) is 0 Å². The SMILES string of the molecule is COc1c(C)ccc(CCCO)c1O. The highest BCUT2D eigenvalue weighted by atomic mass is 16.5. The van der Waals surface area contributed by atoms with Crippen molar-refractivity contribution in [1.29, 1.82) is 0 Å². The fourth-order valence-electron chi connectivity index (χ4n) is 1.44. The zero-order valence-electron chi connectivity index (χ0n) is 8.58. The van der Waals surface area contributed by atoms with Crippen LogP contribution in [-0.4, -0.2) is 23.9 Å². The number of aliphatic hydroxyl groups excluding tert-OH is 1. The molecule has 0 aromatic heterocycles. The molecule has 3 nitrogen and oxygen atoms in total. The molecule has 0 fully saturated rings. The Morgan fingerprint density at radius 1 is 1.36 bits per heavy atom. The average Bonchev–Trinajstić information content (AvgIpc) is 2.18. The highest BCUT2D eigenvalue weighted by molar-refractivity contribution is 5.50. The summed E-state index contributed by atoms with van der Waals surface area (Å²) in [6.45, 7) is 2.02. The van der Waals surface area contributed by atoms with E-state index in [1.807, 2.05) is 19.1 Å². The summed E-state index contributed by atoms with van der Waals surface area (Å²) in [6.07, 6.45) is 1.32. The zero-order valence-corrected chi connectivity index (χ0v) is 8.58. The molecule has 0 heterocycles. The first kappa shape index (κ1) is 10.9. The molecule has 0 aliphatic carbocycles. The van der Waals surface area contributed by atoms with E-state index < -0.39 is 0 Å². The summed E-state index contributed by atoms with van der Waals surface area (Å²) in [5.41, 5.74) is 1.74. The van der Waals surface area contributed by atoms with Crippen LogP contribution >= 0.6 is 0 Å². The first-order valence-corrected chi connectivity index (χ1v) is 4.67. The maximum Gasteiger partial charge on any atom is 0.163 e. The first-order valence-electron chi connectivity index (χ1n) is 4.67. The average molecular weight is 196 g/mol. The van der Waals surface area contributed by atoms with Crippen LogP contribution in [0.4, 0.5) is 0 Å². The molecule has 0 atom stereocenters. The predicted octanol–water partition coefficient (Wildman–Crippen LogP) is 1.63. The van der Waals surface area contributed by atoms with Crippen molar-refractivity contribution in [1.82, 2.24) is 0 Å². The standard InChI is InChI=1S/C11H16O3/c1-8-5-6-9(4-3-7-12)10(13)11(8)14-2/h5-6,12-13H,3-4,7H2,1-2H3. The number of hydrogen-bond donors (Lipinski definition) is 2. The number of aryl methyl sites for hydroxylation is 2. The Morgan fingerprint density at radius 2 is 2.07 bits per heavy atom. The van der Waals surface area contributed by atoms with Crippen LogP contribution in [0.2, 0.25) is 0 Å². The van der Waals surface area contributed by atoms with Gasteiger partial charge in [0.2, 0.25) is 0 Å². The van der Waals surface area contributed by atoms with Gasteiger partial charge >= 0.3 is 0 Å². The van der Waals surface area contributed by atoms with Gasteiger partial charge in [0.1, 0.15) is 0 Å². The maximum absolute atomic E-state index is 9.79. The summed E-state index contributed by atoms with van der Waals surface area (Å²) in [7, 11) is 1.54. The quantitative estimate of drug-likeness (QED) is 0.769. The fourth-order valence-corrected chi connectivity index (χ4v) is 1.44. The van der Waals surface area contributed by atoms with Gasteiger partial charge < -0.3 is 14.9 Å². The van der Waals surface area contributed by atoms with Crippen molar-refractivity contribution < 1.29 is 14.9 Å². The van der Waals surface area contributed by atoms with Gasteiger partial charge in [0.05, 0.1) is 7.11 Å². The number of methoxy groups -OCH3 is 1. The van der Waals surface area contributed by atoms with Gasteiger partial charge in [0, 0.05) is 6.61 Å². The third-order valence-corrected chi connectivity index (χ3v) is 2.22. The lowest BCUT2D eigenvalue weighted by atomic mass is 10.1. The maximum atomic E-state index is 9.79. The summed E-state index contributed by atoms with van der Waals surface area (Å²) in [5.74, 6) is 0.724. The second kappa shape index (κ2) is 4.86. The molecule has 0 saturated heterocycles. The minimum Gasteiger partial charge on any atom is -0.504 e. The number of phenols is 1. The fraction of sp³-hybridized carbons (Fsp3) is 0.455. The Bertz CT molecular complexity index is 308. The van der Waals surface area contributed by atoms with E-state index in [0.29, 0.717) is 18.6 Å². The van der Waals surface area contributed by atoms with Crippen LogP contribution in [0.5, 0.6) is 11.5 Å². The Balaban J connectivity index is 2.96. The Hall–Kier alpha value is -1.22. The van der Waals surface area contributed by atoms with Crippen LogP contribution in [0, 0.1) is 6.92 Å². The smallest absolute Gasteiger partial charge is 0.163 e. The van der Waals surface area contributed by atoms with Gasteiger partial charge in [0.15, 0.2) is 11.5 Å². The topological polar surface area (TPSA) is 49.7 Å². The van der Waals surface area contributed by atoms with Crippen molar-refractivity contribution in [3.8, 4) is 11.5 Å². The summed E-state index contributed by atoms with van der Waals surface area (Å²) >= 11 is 0. The second-order valence-electron chi connectivity index (χ2n) is 3.25. The van der Waals surface area contributed by atoms with Gasteiger partial charge in [-0.1, -0.05) is 12.1 Å². The van der Waals surface area contributed by atoms with Crippen molar-refractivity contribution in [2.45, 2.75) is 19.8 Å². The first-order chi connectivity index (χ1) is 6.70. The number of phenolic OH excluding ortho intramolecular Hbond substituents is 1. The highest BCUT2D eigenvalue weighted by Crippen LogP contribution is 2.33. The van der Waals surface area contributed by atoms with Crippen LogP contribution in [0.1, 0.15) is 17.5 Å². The van der Waals surface area contributed by atoms with E-state index in [1.165, 1.54) is 7.11 Å². The molecule has 0 aliphatic heterocycles. The number of aliphatic hydroxyl groups is 1. The van der Waals surface area contributed by atoms with Crippen molar-refractivity contribution in [3.05, 3.63) is 23.3 Å². The monoisotopic (exact) mass is 196 g/mol. The minimum absolute atomic E-state index is 0.135. The lowest BCUT2D eigenvalue weighted by molar-refractivity contribution is 0.287. The molecule has 0 saturated carbocycles.